The lowest BCUT2D eigenvalue weighted by molar-refractivity contribution is 0.0947. The van der Waals surface area contributed by atoms with Crippen LogP contribution in [0.2, 0.25) is 0 Å². The van der Waals surface area contributed by atoms with E-state index in [0.717, 1.165) is 44.5 Å². The Morgan fingerprint density at radius 2 is 2.16 bits per heavy atom. The number of carbonyl (C=O) groups excluding carboxylic acids is 1. The number of phenolic OH excluding ortho intramolecular Hbond substituents is 1. The number of nitrogens with one attached hydrogen (secondary N) is 2. The Bertz CT molecular complexity index is 445. The van der Waals surface area contributed by atoms with Gasteiger partial charge in [-0.15, -0.1) is 0 Å². The van der Waals surface area contributed by atoms with Crippen LogP contribution >= 0.6 is 0 Å². The van der Waals surface area contributed by atoms with Crippen molar-refractivity contribution in [2.75, 3.05) is 19.6 Å². The van der Waals surface area contributed by atoms with E-state index in [1.54, 1.807) is 0 Å². The lowest BCUT2D eigenvalue weighted by Gasteiger charge is -2.22. The molecule has 0 aliphatic carbocycles. The molecular weight excluding hydrogens is 247 g/mol. The first kappa shape index (κ1) is 13.8. The van der Waals surface area contributed by atoms with Crippen LogP contribution in [-0.2, 0) is 0 Å². The van der Waals surface area contributed by atoms with Crippen LogP contribution in [0.5, 0.6) is 5.75 Å². The van der Waals surface area contributed by atoms with E-state index in [4.69, 9.17) is 0 Å². The first-order valence-corrected chi connectivity index (χ1v) is 6.64. The van der Waals surface area contributed by atoms with Gasteiger partial charge in [-0.3, -0.25) is 4.79 Å². The van der Waals surface area contributed by atoms with Crippen molar-refractivity contribution in [1.29, 1.82) is 0 Å². The van der Waals surface area contributed by atoms with Crippen molar-refractivity contribution in [1.82, 2.24) is 10.6 Å². The fourth-order valence-electron chi connectivity index (χ4n) is 2.35. The molecule has 1 heterocycles. The van der Waals surface area contributed by atoms with Gasteiger partial charge in [0, 0.05) is 6.54 Å². The van der Waals surface area contributed by atoms with Gasteiger partial charge >= 0.3 is 0 Å². The Morgan fingerprint density at radius 3 is 2.89 bits per heavy atom. The maximum Gasteiger partial charge on any atom is 0.255 e. The molecule has 0 unspecified atom stereocenters. The molecule has 0 radical (unpaired) electrons. The molecule has 3 N–H and O–H groups in total. The minimum absolute atomic E-state index is 0.00897. The molecule has 2 rings (SSSR count). The second-order valence-electron chi connectivity index (χ2n) is 4.90. The van der Waals surface area contributed by atoms with Gasteiger partial charge in [0.25, 0.3) is 5.91 Å². The summed E-state index contributed by atoms with van der Waals surface area (Å²) in [5.41, 5.74) is -0.00897. The summed E-state index contributed by atoms with van der Waals surface area (Å²) in [4.78, 5) is 11.8. The van der Waals surface area contributed by atoms with Crippen LogP contribution in [0.15, 0.2) is 18.2 Å². The van der Waals surface area contributed by atoms with E-state index in [-0.39, 0.29) is 11.3 Å². The third kappa shape index (κ3) is 3.92. The van der Waals surface area contributed by atoms with E-state index in [1.807, 2.05) is 0 Å². The van der Waals surface area contributed by atoms with Crippen molar-refractivity contribution in [3.05, 3.63) is 29.6 Å². The summed E-state index contributed by atoms with van der Waals surface area (Å²) in [5.74, 6) is -0.518. The second kappa shape index (κ2) is 6.52. The molecule has 0 bridgehead atoms. The highest BCUT2D eigenvalue weighted by atomic mass is 19.1. The molecule has 104 valence electrons. The molecule has 0 atom stereocenters. The summed E-state index contributed by atoms with van der Waals surface area (Å²) in [7, 11) is 0. The van der Waals surface area contributed by atoms with Gasteiger partial charge in [-0.25, -0.2) is 4.39 Å². The predicted octanol–water partition coefficient (Wildman–Crippen LogP) is 1.65. The number of halogens is 1. The second-order valence-corrected chi connectivity index (χ2v) is 4.90. The first-order chi connectivity index (χ1) is 9.16. The summed E-state index contributed by atoms with van der Waals surface area (Å²) in [5, 5.41) is 15.5. The quantitative estimate of drug-likeness (QED) is 0.776. The number of phenols is 1. The van der Waals surface area contributed by atoms with Crippen LogP contribution < -0.4 is 10.6 Å². The maximum absolute atomic E-state index is 13.0. The molecule has 4 nitrogen and oxygen atoms in total. The third-order valence-corrected chi connectivity index (χ3v) is 3.50. The average Bonchev–Trinajstić information content (AvgIpc) is 2.42. The monoisotopic (exact) mass is 266 g/mol. The Labute approximate surface area is 112 Å². The van der Waals surface area contributed by atoms with Gasteiger partial charge in [0.15, 0.2) is 0 Å². The standard InChI is InChI=1S/C14H19FN2O2/c15-11-1-2-13(18)12(9-11)14(19)17-8-5-10-3-6-16-7-4-10/h1-2,9-10,16,18H,3-8H2,(H,17,19). The molecule has 0 saturated carbocycles. The molecular formula is C14H19FN2O2. The molecule has 5 heteroatoms. The minimum atomic E-state index is -0.527. The zero-order valence-electron chi connectivity index (χ0n) is 10.8. The number of benzene rings is 1. The number of rotatable bonds is 4. The van der Waals surface area contributed by atoms with Gasteiger partial charge in [-0.2, -0.15) is 0 Å². The number of carbonyl (C=O) groups is 1. The molecule has 19 heavy (non-hydrogen) atoms. The van der Waals surface area contributed by atoms with Crippen molar-refractivity contribution < 1.29 is 14.3 Å². The van der Waals surface area contributed by atoms with Crippen molar-refractivity contribution >= 4 is 5.91 Å². The summed E-state index contributed by atoms with van der Waals surface area (Å²) in [6, 6.07) is 3.37. The molecule has 1 aliphatic rings. The molecule has 1 aromatic rings. The van der Waals surface area contributed by atoms with Crippen LogP contribution in [0, 0.1) is 11.7 Å². The van der Waals surface area contributed by atoms with E-state index >= 15 is 0 Å². The van der Waals surface area contributed by atoms with Crippen molar-refractivity contribution in [3.8, 4) is 5.75 Å². The lowest BCUT2D eigenvalue weighted by atomic mass is 9.95. The number of aromatic hydroxyl groups is 1. The third-order valence-electron chi connectivity index (χ3n) is 3.50. The zero-order valence-corrected chi connectivity index (χ0v) is 10.8. The minimum Gasteiger partial charge on any atom is -0.507 e. The molecule has 0 spiro atoms. The molecule has 1 aliphatic heterocycles. The normalized spacial score (nSPS) is 16.3. The van der Waals surface area contributed by atoms with E-state index < -0.39 is 11.7 Å². The largest absolute Gasteiger partial charge is 0.507 e. The average molecular weight is 266 g/mol. The SMILES string of the molecule is O=C(NCCC1CCNCC1)c1cc(F)ccc1O. The van der Waals surface area contributed by atoms with Gasteiger partial charge < -0.3 is 15.7 Å². The highest BCUT2D eigenvalue weighted by Gasteiger charge is 2.15. The summed E-state index contributed by atoms with van der Waals surface area (Å²) < 4.78 is 13.0. The Balaban J connectivity index is 1.82. The Kier molecular flexibility index (Phi) is 4.74. The number of hydrogen-bond donors (Lipinski definition) is 3. The Morgan fingerprint density at radius 1 is 1.42 bits per heavy atom. The molecule has 1 aromatic carbocycles. The van der Waals surface area contributed by atoms with Crippen LogP contribution in [0.25, 0.3) is 0 Å². The van der Waals surface area contributed by atoms with E-state index in [0.29, 0.717) is 12.5 Å². The highest BCUT2D eigenvalue weighted by molar-refractivity contribution is 5.96. The number of piperidine rings is 1. The summed E-state index contributed by atoms with van der Waals surface area (Å²) >= 11 is 0. The smallest absolute Gasteiger partial charge is 0.255 e. The van der Waals surface area contributed by atoms with Gasteiger partial charge in [-0.1, -0.05) is 0 Å². The van der Waals surface area contributed by atoms with Crippen LogP contribution in [0.4, 0.5) is 4.39 Å². The van der Waals surface area contributed by atoms with Crippen LogP contribution in [0.3, 0.4) is 0 Å². The van der Waals surface area contributed by atoms with Gasteiger partial charge in [0.2, 0.25) is 0 Å². The van der Waals surface area contributed by atoms with E-state index in [1.165, 1.54) is 6.07 Å². The predicted molar refractivity (Wildman–Crippen MR) is 70.6 cm³/mol. The van der Waals surface area contributed by atoms with Crippen LogP contribution in [-0.4, -0.2) is 30.6 Å². The Hall–Kier alpha value is -1.62. The summed E-state index contributed by atoms with van der Waals surface area (Å²) in [6.45, 7) is 2.62. The fourth-order valence-corrected chi connectivity index (χ4v) is 2.35. The summed E-state index contributed by atoms with van der Waals surface area (Å²) in [6.07, 6.45) is 3.17. The number of hydrogen-bond acceptors (Lipinski definition) is 3. The number of amides is 1. The lowest BCUT2D eigenvalue weighted by Crippen LogP contribution is -2.31. The van der Waals surface area contributed by atoms with Crippen LogP contribution in [0.1, 0.15) is 29.6 Å². The highest BCUT2D eigenvalue weighted by Crippen LogP contribution is 2.18. The van der Waals surface area contributed by atoms with Crippen molar-refractivity contribution in [2.24, 2.45) is 5.92 Å². The fraction of sp³-hybridized carbons (Fsp3) is 0.500. The maximum atomic E-state index is 13.0. The zero-order chi connectivity index (χ0) is 13.7. The van der Waals surface area contributed by atoms with Gasteiger partial charge in [0.05, 0.1) is 5.56 Å². The molecule has 1 saturated heterocycles. The molecule has 0 aromatic heterocycles. The van der Waals surface area contributed by atoms with Crippen molar-refractivity contribution in [2.45, 2.75) is 19.3 Å². The topological polar surface area (TPSA) is 61.4 Å². The van der Waals surface area contributed by atoms with Gasteiger partial charge in [0.1, 0.15) is 11.6 Å². The molecule has 1 amide bonds. The van der Waals surface area contributed by atoms with Crippen molar-refractivity contribution in [3.63, 3.8) is 0 Å². The van der Waals surface area contributed by atoms with E-state index in [2.05, 4.69) is 10.6 Å². The first-order valence-electron chi connectivity index (χ1n) is 6.64. The molecule has 1 fully saturated rings. The van der Waals surface area contributed by atoms with Gasteiger partial charge in [-0.05, 0) is 56.5 Å². The van der Waals surface area contributed by atoms with E-state index in [9.17, 15) is 14.3 Å².